The normalized spacial score (nSPS) is 19.3. The minimum absolute atomic E-state index is 0. The minimum Gasteiger partial charge on any atom is -0.388 e. The standard InChI is InChI=1S/C22H31FN6O2.ClH/c23-19-3-1-18(2-4-19)14-28-11-5-17(6-12-28)13-25-21(30)20-15-29(27-26-20)16-22(31)7-9-24-10-8-22;/h1-4,15,17,24,31H,5-14,16H2,(H,25,30);1H. The number of likely N-dealkylation sites (tertiary alicyclic amines) is 1. The lowest BCUT2D eigenvalue weighted by molar-refractivity contribution is -0.00866. The topological polar surface area (TPSA) is 95.3 Å². The molecule has 0 aliphatic carbocycles. The molecular weight excluding hydrogens is 435 g/mol. The number of benzene rings is 1. The van der Waals surface area contributed by atoms with E-state index in [1.165, 1.54) is 12.1 Å². The van der Waals surface area contributed by atoms with Crippen molar-refractivity contribution in [1.82, 2.24) is 30.5 Å². The molecule has 0 unspecified atom stereocenters. The molecule has 4 rings (SSSR count). The third kappa shape index (κ3) is 6.71. The number of hydrogen-bond acceptors (Lipinski definition) is 6. The number of carbonyl (C=O) groups excluding carboxylic acids is 1. The molecular formula is C22H32ClFN6O2. The highest BCUT2D eigenvalue weighted by Gasteiger charge is 2.30. The van der Waals surface area contributed by atoms with Crippen molar-refractivity contribution < 1.29 is 14.3 Å². The summed E-state index contributed by atoms with van der Waals surface area (Å²) in [6.07, 6.45) is 4.95. The summed E-state index contributed by atoms with van der Waals surface area (Å²) < 4.78 is 14.6. The van der Waals surface area contributed by atoms with Gasteiger partial charge in [-0.2, -0.15) is 0 Å². The van der Waals surface area contributed by atoms with E-state index < -0.39 is 5.60 Å². The zero-order valence-electron chi connectivity index (χ0n) is 18.2. The van der Waals surface area contributed by atoms with Gasteiger partial charge in [0.2, 0.25) is 0 Å². The van der Waals surface area contributed by atoms with Gasteiger partial charge in [-0.05, 0) is 75.5 Å². The Morgan fingerprint density at radius 3 is 2.59 bits per heavy atom. The van der Waals surface area contributed by atoms with Crippen LogP contribution in [0.25, 0.3) is 0 Å². The van der Waals surface area contributed by atoms with E-state index >= 15 is 0 Å². The first-order valence-corrected chi connectivity index (χ1v) is 11.1. The monoisotopic (exact) mass is 466 g/mol. The van der Waals surface area contributed by atoms with Gasteiger partial charge in [0.05, 0.1) is 18.3 Å². The van der Waals surface area contributed by atoms with Crippen LogP contribution in [-0.4, -0.2) is 69.2 Å². The summed E-state index contributed by atoms with van der Waals surface area (Å²) in [5, 5.41) is 24.8. The summed E-state index contributed by atoms with van der Waals surface area (Å²) in [7, 11) is 0. The summed E-state index contributed by atoms with van der Waals surface area (Å²) in [5.41, 5.74) is 0.603. The maximum Gasteiger partial charge on any atom is 0.273 e. The van der Waals surface area contributed by atoms with Crippen molar-refractivity contribution in [3.05, 3.63) is 47.5 Å². The van der Waals surface area contributed by atoms with Gasteiger partial charge in [0.25, 0.3) is 5.91 Å². The highest BCUT2D eigenvalue weighted by atomic mass is 35.5. The number of nitrogens with zero attached hydrogens (tertiary/aromatic N) is 4. The highest BCUT2D eigenvalue weighted by Crippen LogP contribution is 2.20. The molecule has 10 heteroatoms. The van der Waals surface area contributed by atoms with Crippen molar-refractivity contribution in [1.29, 1.82) is 0 Å². The predicted molar refractivity (Wildman–Crippen MR) is 121 cm³/mol. The molecule has 1 aromatic heterocycles. The third-order valence-electron chi connectivity index (χ3n) is 6.34. The van der Waals surface area contributed by atoms with Gasteiger partial charge >= 0.3 is 0 Å². The Kier molecular flexibility index (Phi) is 8.58. The highest BCUT2D eigenvalue weighted by molar-refractivity contribution is 5.91. The molecule has 0 spiro atoms. The molecule has 1 aromatic carbocycles. The van der Waals surface area contributed by atoms with E-state index in [1.807, 2.05) is 12.1 Å². The van der Waals surface area contributed by atoms with Crippen LogP contribution in [-0.2, 0) is 13.1 Å². The Bertz CT molecular complexity index is 864. The number of piperidine rings is 2. The van der Waals surface area contributed by atoms with Gasteiger partial charge in [0.1, 0.15) is 5.82 Å². The van der Waals surface area contributed by atoms with Crippen molar-refractivity contribution in [2.45, 2.75) is 44.4 Å². The molecule has 1 amide bonds. The van der Waals surface area contributed by atoms with Gasteiger partial charge < -0.3 is 15.7 Å². The molecule has 2 aliphatic rings. The number of rotatable bonds is 7. The molecule has 3 N–H and O–H groups in total. The van der Waals surface area contributed by atoms with Crippen LogP contribution in [0.4, 0.5) is 4.39 Å². The van der Waals surface area contributed by atoms with E-state index in [4.69, 9.17) is 0 Å². The van der Waals surface area contributed by atoms with E-state index in [1.54, 1.807) is 10.9 Å². The molecule has 3 heterocycles. The fraction of sp³-hybridized carbons (Fsp3) is 0.591. The first kappa shape index (κ1) is 24.6. The lowest BCUT2D eigenvalue weighted by atomic mass is 9.92. The molecule has 8 nitrogen and oxygen atoms in total. The molecule has 176 valence electrons. The van der Waals surface area contributed by atoms with Crippen molar-refractivity contribution in [3.63, 3.8) is 0 Å². The Labute approximate surface area is 194 Å². The van der Waals surface area contributed by atoms with E-state index in [0.29, 0.717) is 31.8 Å². The minimum atomic E-state index is -0.797. The third-order valence-corrected chi connectivity index (χ3v) is 6.34. The van der Waals surface area contributed by atoms with Crippen LogP contribution >= 0.6 is 12.4 Å². The van der Waals surface area contributed by atoms with E-state index in [-0.39, 0.29) is 29.8 Å². The summed E-state index contributed by atoms with van der Waals surface area (Å²) in [6.45, 7) is 5.27. The quantitative estimate of drug-likeness (QED) is 0.573. The zero-order valence-corrected chi connectivity index (χ0v) is 19.0. The second-order valence-corrected chi connectivity index (χ2v) is 8.83. The van der Waals surface area contributed by atoms with E-state index in [2.05, 4.69) is 25.8 Å². The Morgan fingerprint density at radius 2 is 1.91 bits per heavy atom. The number of aromatic nitrogens is 3. The zero-order chi connectivity index (χ0) is 21.7. The molecule has 32 heavy (non-hydrogen) atoms. The fourth-order valence-electron chi connectivity index (χ4n) is 4.36. The molecule has 2 saturated heterocycles. The Morgan fingerprint density at radius 1 is 1.22 bits per heavy atom. The maximum absolute atomic E-state index is 13.0. The van der Waals surface area contributed by atoms with Crippen LogP contribution in [0.15, 0.2) is 30.5 Å². The van der Waals surface area contributed by atoms with Gasteiger partial charge in [-0.25, -0.2) is 9.07 Å². The Hall–Kier alpha value is -2.07. The number of hydrogen-bond donors (Lipinski definition) is 3. The van der Waals surface area contributed by atoms with E-state index in [9.17, 15) is 14.3 Å². The van der Waals surface area contributed by atoms with Crippen LogP contribution < -0.4 is 10.6 Å². The molecule has 2 aliphatic heterocycles. The van der Waals surface area contributed by atoms with Crippen LogP contribution in [0.3, 0.4) is 0 Å². The van der Waals surface area contributed by atoms with Crippen LogP contribution in [0, 0.1) is 11.7 Å². The average molecular weight is 467 g/mol. The average Bonchev–Trinajstić information content (AvgIpc) is 3.23. The van der Waals surface area contributed by atoms with Crippen molar-refractivity contribution >= 4 is 18.3 Å². The maximum atomic E-state index is 13.0. The first-order chi connectivity index (χ1) is 15.0. The second kappa shape index (κ2) is 11.2. The number of aliphatic hydroxyl groups is 1. The van der Waals surface area contributed by atoms with Gasteiger partial charge in [0, 0.05) is 13.1 Å². The van der Waals surface area contributed by atoms with E-state index in [0.717, 1.165) is 51.1 Å². The SMILES string of the molecule is Cl.O=C(NCC1CCN(Cc2ccc(F)cc2)CC1)c1cn(CC2(O)CCNCC2)nn1. The fourth-order valence-corrected chi connectivity index (χ4v) is 4.36. The molecule has 0 atom stereocenters. The Balaban J connectivity index is 0.00000289. The molecule has 0 radical (unpaired) electrons. The number of halogens is 2. The van der Waals surface area contributed by atoms with Crippen molar-refractivity contribution in [3.8, 4) is 0 Å². The van der Waals surface area contributed by atoms with Crippen LogP contribution in [0.2, 0.25) is 0 Å². The van der Waals surface area contributed by atoms with Gasteiger partial charge in [-0.1, -0.05) is 17.3 Å². The summed E-state index contributed by atoms with van der Waals surface area (Å²) in [6, 6.07) is 6.66. The molecule has 2 aromatic rings. The summed E-state index contributed by atoms with van der Waals surface area (Å²) in [5.74, 6) is -0.00316. The lowest BCUT2D eigenvalue weighted by Crippen LogP contribution is -2.44. The van der Waals surface area contributed by atoms with Gasteiger partial charge in [-0.3, -0.25) is 9.69 Å². The first-order valence-electron chi connectivity index (χ1n) is 11.1. The van der Waals surface area contributed by atoms with Crippen LogP contribution in [0.5, 0.6) is 0 Å². The number of nitrogens with one attached hydrogen (secondary N) is 2. The van der Waals surface area contributed by atoms with Gasteiger partial charge in [-0.15, -0.1) is 17.5 Å². The molecule has 0 saturated carbocycles. The van der Waals surface area contributed by atoms with Crippen molar-refractivity contribution in [2.75, 3.05) is 32.7 Å². The summed E-state index contributed by atoms with van der Waals surface area (Å²) >= 11 is 0. The molecule has 2 fully saturated rings. The second-order valence-electron chi connectivity index (χ2n) is 8.83. The smallest absolute Gasteiger partial charge is 0.273 e. The summed E-state index contributed by atoms with van der Waals surface area (Å²) in [4.78, 5) is 14.8. The lowest BCUT2D eigenvalue weighted by Gasteiger charge is -2.32. The van der Waals surface area contributed by atoms with Gasteiger partial charge in [0.15, 0.2) is 5.69 Å². The predicted octanol–water partition coefficient (Wildman–Crippen LogP) is 1.60. The van der Waals surface area contributed by atoms with Crippen LogP contribution in [0.1, 0.15) is 41.7 Å². The number of carbonyl (C=O) groups is 1. The number of amides is 1. The molecule has 0 bridgehead atoms. The largest absolute Gasteiger partial charge is 0.388 e. The van der Waals surface area contributed by atoms with Crippen molar-refractivity contribution in [2.24, 2.45) is 5.92 Å².